The second-order valence-electron chi connectivity index (χ2n) is 4.15. The number of carbonyl (C=O) groups is 1. The van der Waals surface area contributed by atoms with E-state index in [9.17, 15) is 14.7 Å². The Balaban J connectivity index is 2.34. The zero-order valence-corrected chi connectivity index (χ0v) is 10.6. The maximum atomic E-state index is 11.9. The van der Waals surface area contributed by atoms with E-state index in [1.165, 1.54) is 19.1 Å². The molecule has 5 heteroatoms. The average Bonchev–Trinajstić information content (AvgIpc) is 2.70. The van der Waals surface area contributed by atoms with E-state index in [1.807, 2.05) is 29.9 Å². The number of allylic oxidation sites excluding steroid dienone is 1. The fourth-order valence-electron chi connectivity index (χ4n) is 1.71. The van der Waals surface area contributed by atoms with Crippen molar-refractivity contribution >= 4 is 11.9 Å². The van der Waals surface area contributed by atoms with Crippen molar-refractivity contribution in [2.45, 2.75) is 6.92 Å². The van der Waals surface area contributed by atoms with Crippen LogP contribution in [0.2, 0.25) is 0 Å². The van der Waals surface area contributed by atoms with Crippen molar-refractivity contribution in [2.24, 2.45) is 7.05 Å². The third kappa shape index (κ3) is 2.65. The second-order valence-corrected chi connectivity index (χ2v) is 4.15. The highest BCUT2D eigenvalue weighted by Crippen LogP contribution is 2.15. The topological polar surface area (TPSA) is 72.4 Å². The first-order chi connectivity index (χ1) is 8.99. The molecule has 0 radical (unpaired) electrons. The van der Waals surface area contributed by atoms with Gasteiger partial charge in [0.1, 0.15) is 17.1 Å². The Morgan fingerprint density at radius 1 is 1.47 bits per heavy atom. The Kier molecular flexibility index (Phi) is 3.37. The minimum absolute atomic E-state index is 0.255. The van der Waals surface area contributed by atoms with Crippen molar-refractivity contribution in [1.82, 2.24) is 4.57 Å². The van der Waals surface area contributed by atoms with Gasteiger partial charge < -0.3 is 14.1 Å². The number of hydrogen-bond donors (Lipinski definition) is 1. The number of aromatic nitrogens is 1. The minimum Gasteiger partial charge on any atom is -0.507 e. The van der Waals surface area contributed by atoms with Crippen LogP contribution < -0.4 is 5.63 Å². The molecule has 0 fully saturated rings. The van der Waals surface area contributed by atoms with E-state index in [0.29, 0.717) is 0 Å². The Hall–Kier alpha value is -2.56. The second kappa shape index (κ2) is 4.97. The standard InChI is InChI=1S/C14H13NO4/c1-9-8-12(17)13(14(18)19-9)11(16)6-5-10-4-3-7-15(10)2/h3-8,17H,1-2H3/b6-5+. The van der Waals surface area contributed by atoms with E-state index in [1.54, 1.807) is 6.08 Å². The van der Waals surface area contributed by atoms with Crippen LogP contribution in [0.5, 0.6) is 5.75 Å². The molecule has 0 bridgehead atoms. The molecule has 0 aromatic carbocycles. The van der Waals surface area contributed by atoms with Crippen LogP contribution >= 0.6 is 0 Å². The number of aromatic hydroxyl groups is 1. The highest BCUT2D eigenvalue weighted by molar-refractivity contribution is 6.08. The van der Waals surface area contributed by atoms with Crippen LogP contribution in [-0.2, 0) is 7.05 Å². The van der Waals surface area contributed by atoms with Gasteiger partial charge in [0, 0.05) is 25.0 Å². The van der Waals surface area contributed by atoms with Gasteiger partial charge in [-0.25, -0.2) is 4.79 Å². The molecule has 5 nitrogen and oxygen atoms in total. The highest BCUT2D eigenvalue weighted by Gasteiger charge is 2.15. The fraction of sp³-hybridized carbons (Fsp3) is 0.143. The summed E-state index contributed by atoms with van der Waals surface area (Å²) in [5.41, 5.74) is -0.376. The molecule has 0 aliphatic rings. The number of ketones is 1. The number of aryl methyl sites for hydroxylation is 2. The molecule has 2 aromatic heterocycles. The summed E-state index contributed by atoms with van der Waals surface area (Å²) < 4.78 is 6.62. The largest absolute Gasteiger partial charge is 0.507 e. The number of hydrogen-bond acceptors (Lipinski definition) is 4. The van der Waals surface area contributed by atoms with Gasteiger partial charge in [-0.3, -0.25) is 4.79 Å². The first-order valence-electron chi connectivity index (χ1n) is 5.66. The van der Waals surface area contributed by atoms with Crippen LogP contribution in [0, 0.1) is 6.92 Å². The quantitative estimate of drug-likeness (QED) is 0.674. The normalized spacial score (nSPS) is 11.1. The van der Waals surface area contributed by atoms with Crippen molar-refractivity contribution in [3.05, 3.63) is 57.9 Å². The number of carbonyl (C=O) groups excluding carboxylic acids is 1. The van der Waals surface area contributed by atoms with Crippen molar-refractivity contribution in [2.75, 3.05) is 0 Å². The van der Waals surface area contributed by atoms with Crippen molar-refractivity contribution in [1.29, 1.82) is 0 Å². The predicted molar refractivity (Wildman–Crippen MR) is 70.2 cm³/mol. The van der Waals surface area contributed by atoms with Gasteiger partial charge in [0.15, 0.2) is 5.78 Å². The molecular weight excluding hydrogens is 246 g/mol. The summed E-state index contributed by atoms with van der Waals surface area (Å²) >= 11 is 0. The van der Waals surface area contributed by atoms with Gasteiger partial charge in [-0.1, -0.05) is 0 Å². The third-order valence-corrected chi connectivity index (χ3v) is 2.69. The molecule has 2 heterocycles. The van der Waals surface area contributed by atoms with E-state index in [0.717, 1.165) is 5.69 Å². The highest BCUT2D eigenvalue weighted by atomic mass is 16.4. The summed E-state index contributed by atoms with van der Waals surface area (Å²) in [7, 11) is 1.84. The van der Waals surface area contributed by atoms with Gasteiger partial charge >= 0.3 is 5.63 Å². The molecular formula is C14H13NO4. The molecule has 2 rings (SSSR count). The molecule has 0 aliphatic heterocycles. The Labute approximate surface area is 109 Å². The summed E-state index contributed by atoms with van der Waals surface area (Å²) in [6.07, 6.45) is 4.64. The van der Waals surface area contributed by atoms with E-state index >= 15 is 0 Å². The molecule has 1 N–H and O–H groups in total. The van der Waals surface area contributed by atoms with Crippen LogP contribution in [0.1, 0.15) is 21.8 Å². The smallest absolute Gasteiger partial charge is 0.351 e. The van der Waals surface area contributed by atoms with Crippen molar-refractivity contribution in [3.63, 3.8) is 0 Å². The van der Waals surface area contributed by atoms with Crippen molar-refractivity contribution < 1.29 is 14.3 Å². The van der Waals surface area contributed by atoms with Crippen LogP contribution in [0.4, 0.5) is 0 Å². The van der Waals surface area contributed by atoms with E-state index in [2.05, 4.69) is 0 Å². The molecule has 0 saturated carbocycles. The van der Waals surface area contributed by atoms with Gasteiger partial charge in [0.05, 0.1) is 0 Å². The zero-order chi connectivity index (χ0) is 14.0. The molecule has 19 heavy (non-hydrogen) atoms. The lowest BCUT2D eigenvalue weighted by molar-refractivity contribution is 0.104. The third-order valence-electron chi connectivity index (χ3n) is 2.69. The molecule has 0 atom stereocenters. The average molecular weight is 259 g/mol. The van der Waals surface area contributed by atoms with Gasteiger partial charge in [0.2, 0.25) is 0 Å². The van der Waals surface area contributed by atoms with Gasteiger partial charge in [-0.15, -0.1) is 0 Å². The van der Waals surface area contributed by atoms with Crippen LogP contribution in [-0.4, -0.2) is 15.5 Å². The van der Waals surface area contributed by atoms with Gasteiger partial charge in [-0.05, 0) is 31.2 Å². The van der Waals surface area contributed by atoms with Crippen LogP contribution in [0.25, 0.3) is 6.08 Å². The first-order valence-corrected chi connectivity index (χ1v) is 5.66. The summed E-state index contributed by atoms with van der Waals surface area (Å²) in [5.74, 6) is -0.701. The minimum atomic E-state index is -0.834. The Morgan fingerprint density at radius 2 is 2.21 bits per heavy atom. The van der Waals surface area contributed by atoms with E-state index in [-0.39, 0.29) is 17.1 Å². The van der Waals surface area contributed by atoms with E-state index < -0.39 is 11.4 Å². The monoisotopic (exact) mass is 259 g/mol. The maximum absolute atomic E-state index is 11.9. The first kappa shape index (κ1) is 12.9. The SMILES string of the molecule is Cc1cc(O)c(C(=O)/C=C/c2cccn2C)c(=O)o1. The van der Waals surface area contributed by atoms with Gasteiger partial charge in [-0.2, -0.15) is 0 Å². The Bertz CT molecular complexity index is 706. The summed E-state index contributed by atoms with van der Waals surface area (Å²) in [4.78, 5) is 23.4. The van der Waals surface area contributed by atoms with Crippen LogP contribution in [0.15, 0.2) is 39.7 Å². The molecule has 0 spiro atoms. The predicted octanol–water partition coefficient (Wildman–Crippen LogP) is 1.89. The summed E-state index contributed by atoms with van der Waals surface area (Å²) in [5, 5.41) is 9.63. The lowest BCUT2D eigenvalue weighted by atomic mass is 10.1. The number of nitrogens with zero attached hydrogens (tertiary/aromatic N) is 1. The van der Waals surface area contributed by atoms with E-state index in [4.69, 9.17) is 4.42 Å². The summed E-state index contributed by atoms with van der Waals surface area (Å²) in [6, 6.07) is 4.90. The molecule has 0 aliphatic carbocycles. The lowest BCUT2D eigenvalue weighted by Gasteiger charge is -2.00. The summed E-state index contributed by atoms with van der Waals surface area (Å²) in [6.45, 7) is 1.52. The fourth-order valence-corrected chi connectivity index (χ4v) is 1.71. The number of rotatable bonds is 3. The molecule has 0 unspecified atom stereocenters. The van der Waals surface area contributed by atoms with Crippen molar-refractivity contribution in [3.8, 4) is 5.75 Å². The molecule has 0 saturated heterocycles. The molecule has 0 amide bonds. The molecule has 98 valence electrons. The Morgan fingerprint density at radius 3 is 2.79 bits per heavy atom. The molecule has 2 aromatic rings. The maximum Gasteiger partial charge on any atom is 0.351 e. The van der Waals surface area contributed by atoms with Crippen LogP contribution in [0.3, 0.4) is 0 Å². The zero-order valence-electron chi connectivity index (χ0n) is 10.6. The van der Waals surface area contributed by atoms with Gasteiger partial charge in [0.25, 0.3) is 0 Å². The lowest BCUT2D eigenvalue weighted by Crippen LogP contribution is -2.13.